The van der Waals surface area contributed by atoms with E-state index in [1.165, 1.54) is 7.05 Å². The van der Waals surface area contributed by atoms with Gasteiger partial charge in [-0.1, -0.05) is 5.21 Å². The summed E-state index contributed by atoms with van der Waals surface area (Å²) in [6.07, 6.45) is 1.12. The Labute approximate surface area is 121 Å². The molecule has 0 atom stereocenters. The molecule has 1 N–H and O–H groups in total. The second-order valence-electron chi connectivity index (χ2n) is 4.39. The number of aryl methyl sites for hydroxylation is 1. The molecule has 1 aromatic carbocycles. The third-order valence-electron chi connectivity index (χ3n) is 2.83. The second kappa shape index (κ2) is 4.98. The minimum Gasteiger partial charge on any atom is -0.320 e. The largest absolute Gasteiger partial charge is 0.352 e. The number of rotatable bonds is 2. The van der Waals surface area contributed by atoms with Gasteiger partial charge in [0, 0.05) is 18.8 Å². The molecule has 3 rings (SSSR count). The summed E-state index contributed by atoms with van der Waals surface area (Å²) in [4.78, 5) is 27.6. The van der Waals surface area contributed by atoms with Crippen LogP contribution in [-0.2, 0) is 7.05 Å². The van der Waals surface area contributed by atoms with Gasteiger partial charge in [0.25, 0.3) is 5.91 Å². The summed E-state index contributed by atoms with van der Waals surface area (Å²) in [6, 6.07) is 2.57. The zero-order chi connectivity index (χ0) is 15.9. The molecule has 0 bridgehead atoms. The van der Waals surface area contributed by atoms with E-state index in [-0.39, 0.29) is 17.0 Å². The normalized spacial score (nSPS) is 10.9. The summed E-state index contributed by atoms with van der Waals surface area (Å²) in [6.45, 7) is 0. The maximum atomic E-state index is 13.1. The number of aromatic nitrogens is 5. The van der Waals surface area contributed by atoms with Gasteiger partial charge < -0.3 is 5.32 Å². The van der Waals surface area contributed by atoms with Gasteiger partial charge in [-0.3, -0.25) is 4.79 Å². The van der Waals surface area contributed by atoms with Gasteiger partial charge in [0.05, 0.1) is 0 Å². The molecule has 0 aliphatic heterocycles. The molecule has 112 valence electrons. The number of anilines is 1. The lowest BCUT2D eigenvalue weighted by atomic mass is 10.3. The lowest BCUT2D eigenvalue weighted by Crippen LogP contribution is -2.27. The van der Waals surface area contributed by atoms with E-state index >= 15 is 0 Å². The average molecular weight is 306 g/mol. The highest BCUT2D eigenvalue weighted by molar-refractivity contribution is 6.06. The summed E-state index contributed by atoms with van der Waals surface area (Å²) in [5, 5.41) is 9.54. The van der Waals surface area contributed by atoms with Crippen LogP contribution in [0.2, 0.25) is 0 Å². The molecule has 0 aliphatic rings. The Bertz CT molecular complexity index is 928. The molecule has 8 nitrogen and oxygen atoms in total. The number of carbonyl (C=O) groups excluding carboxylic acids is 1. The lowest BCUT2D eigenvalue weighted by molar-refractivity contribution is 0.102. The predicted molar refractivity (Wildman–Crippen MR) is 70.3 cm³/mol. The van der Waals surface area contributed by atoms with Crippen molar-refractivity contribution in [1.29, 1.82) is 0 Å². The molecule has 2 aromatic heterocycles. The van der Waals surface area contributed by atoms with Crippen LogP contribution >= 0.6 is 0 Å². The number of benzene rings is 1. The zero-order valence-corrected chi connectivity index (χ0v) is 11.1. The van der Waals surface area contributed by atoms with Crippen LogP contribution < -0.4 is 11.0 Å². The molecule has 2 heterocycles. The van der Waals surface area contributed by atoms with E-state index in [1.54, 1.807) is 0 Å². The number of fused-ring (bicyclic) bond motifs is 1. The highest BCUT2D eigenvalue weighted by Gasteiger charge is 2.17. The predicted octanol–water partition coefficient (Wildman–Crippen LogP) is 0.353. The van der Waals surface area contributed by atoms with Crippen LogP contribution in [0, 0.1) is 11.6 Å². The maximum Gasteiger partial charge on any atom is 0.352 e. The summed E-state index contributed by atoms with van der Waals surface area (Å²) >= 11 is 0. The Morgan fingerprint density at radius 3 is 2.59 bits per heavy atom. The number of nitrogens with zero attached hydrogens (tertiary/aromatic N) is 5. The van der Waals surface area contributed by atoms with Gasteiger partial charge in [0.15, 0.2) is 11.3 Å². The second-order valence-corrected chi connectivity index (χ2v) is 4.39. The van der Waals surface area contributed by atoms with Gasteiger partial charge in [-0.25, -0.2) is 23.0 Å². The van der Waals surface area contributed by atoms with Crippen molar-refractivity contribution in [3.63, 3.8) is 0 Å². The summed E-state index contributed by atoms with van der Waals surface area (Å²) < 4.78 is 28.2. The molecule has 3 aromatic rings. The fourth-order valence-electron chi connectivity index (χ4n) is 1.86. The van der Waals surface area contributed by atoms with Crippen molar-refractivity contribution in [3.05, 3.63) is 52.3 Å². The molecule has 0 radical (unpaired) electrons. The monoisotopic (exact) mass is 306 g/mol. The van der Waals surface area contributed by atoms with Crippen molar-refractivity contribution in [2.24, 2.45) is 7.05 Å². The van der Waals surface area contributed by atoms with E-state index in [4.69, 9.17) is 0 Å². The Kier molecular flexibility index (Phi) is 3.13. The van der Waals surface area contributed by atoms with Crippen LogP contribution in [0.4, 0.5) is 14.5 Å². The molecule has 0 aliphatic carbocycles. The van der Waals surface area contributed by atoms with E-state index in [0.717, 1.165) is 27.5 Å². The van der Waals surface area contributed by atoms with Crippen molar-refractivity contribution in [3.8, 4) is 0 Å². The number of carbonyl (C=O) groups is 1. The van der Waals surface area contributed by atoms with Gasteiger partial charge in [-0.15, -0.1) is 5.10 Å². The van der Waals surface area contributed by atoms with Gasteiger partial charge >= 0.3 is 5.69 Å². The maximum absolute atomic E-state index is 13.1. The number of hydrogen-bond donors (Lipinski definition) is 1. The Morgan fingerprint density at radius 1 is 1.23 bits per heavy atom. The quantitative estimate of drug-likeness (QED) is 0.737. The third kappa shape index (κ3) is 2.30. The molecule has 10 heteroatoms. The van der Waals surface area contributed by atoms with Crippen molar-refractivity contribution >= 4 is 17.2 Å². The molecule has 0 saturated carbocycles. The number of imidazole rings is 1. The van der Waals surface area contributed by atoms with Gasteiger partial charge in [0.1, 0.15) is 18.0 Å². The van der Waals surface area contributed by atoms with Crippen LogP contribution in [0.15, 0.2) is 29.3 Å². The third-order valence-corrected chi connectivity index (χ3v) is 2.83. The minimum atomic E-state index is -0.835. The summed E-state index contributed by atoms with van der Waals surface area (Å²) in [7, 11) is 1.39. The fraction of sp³-hybridized carbons (Fsp3) is 0.0833. The molecule has 22 heavy (non-hydrogen) atoms. The number of nitrogens with one attached hydrogen (secondary N) is 1. The average Bonchev–Trinajstić information content (AvgIpc) is 2.86. The SMILES string of the molecule is Cn1nnc2c(C(=O)Nc3cc(F)cc(F)c3)ncn2c1=O. The Balaban J connectivity index is 1.99. The fourth-order valence-corrected chi connectivity index (χ4v) is 1.86. The van der Waals surface area contributed by atoms with Gasteiger partial charge in [0.2, 0.25) is 0 Å². The van der Waals surface area contributed by atoms with Crippen LogP contribution in [-0.4, -0.2) is 30.3 Å². The highest BCUT2D eigenvalue weighted by Crippen LogP contribution is 2.14. The number of hydrogen-bond acceptors (Lipinski definition) is 5. The minimum absolute atomic E-state index is 0.0579. The van der Waals surface area contributed by atoms with E-state index < -0.39 is 23.2 Å². The zero-order valence-electron chi connectivity index (χ0n) is 11.1. The first kappa shape index (κ1) is 13.8. The molecular weight excluding hydrogens is 298 g/mol. The summed E-state index contributed by atoms with van der Waals surface area (Å²) in [5.41, 5.74) is -0.860. The smallest absolute Gasteiger partial charge is 0.320 e. The molecule has 0 spiro atoms. The Hall–Kier alpha value is -3.17. The first-order valence-corrected chi connectivity index (χ1v) is 6.00. The Morgan fingerprint density at radius 2 is 1.91 bits per heavy atom. The van der Waals surface area contributed by atoms with Crippen LogP contribution in [0.5, 0.6) is 0 Å². The molecule has 0 fully saturated rings. The summed E-state index contributed by atoms with van der Waals surface area (Å²) in [5.74, 6) is -2.44. The van der Waals surface area contributed by atoms with Crippen LogP contribution in [0.25, 0.3) is 5.65 Å². The van der Waals surface area contributed by atoms with Crippen molar-refractivity contribution < 1.29 is 13.6 Å². The van der Waals surface area contributed by atoms with Gasteiger partial charge in [-0.05, 0) is 12.1 Å². The van der Waals surface area contributed by atoms with E-state index in [0.29, 0.717) is 6.07 Å². The van der Waals surface area contributed by atoms with E-state index in [1.807, 2.05) is 0 Å². The van der Waals surface area contributed by atoms with Crippen molar-refractivity contribution in [1.82, 2.24) is 24.4 Å². The first-order valence-electron chi connectivity index (χ1n) is 6.00. The standard InChI is InChI=1S/C12H8F2N6O2/c1-19-12(22)20-5-15-9(10(20)17-18-19)11(21)16-8-3-6(13)2-7(14)4-8/h2-5H,1H3,(H,16,21). The molecular formula is C12H8F2N6O2. The van der Waals surface area contributed by atoms with Gasteiger partial charge in [-0.2, -0.15) is 4.68 Å². The van der Waals surface area contributed by atoms with Crippen LogP contribution in [0.3, 0.4) is 0 Å². The van der Waals surface area contributed by atoms with Crippen LogP contribution in [0.1, 0.15) is 10.5 Å². The highest BCUT2D eigenvalue weighted by atomic mass is 19.1. The topological polar surface area (TPSA) is 94.2 Å². The first-order chi connectivity index (χ1) is 10.5. The molecule has 1 amide bonds. The number of halogens is 2. The van der Waals surface area contributed by atoms with Crippen molar-refractivity contribution in [2.75, 3.05) is 5.32 Å². The van der Waals surface area contributed by atoms with E-state index in [2.05, 4.69) is 20.6 Å². The van der Waals surface area contributed by atoms with E-state index in [9.17, 15) is 18.4 Å². The van der Waals surface area contributed by atoms with Crippen molar-refractivity contribution in [2.45, 2.75) is 0 Å². The molecule has 0 saturated heterocycles. The molecule has 0 unspecified atom stereocenters. The lowest BCUT2D eigenvalue weighted by Gasteiger charge is -2.04. The number of amides is 1.